The largest absolute Gasteiger partial charge is 0.476 e. The van der Waals surface area contributed by atoms with Gasteiger partial charge < -0.3 is 19.7 Å². The standard InChI is InChI=1S/C12H13N3O3/c1-15(2)10-6-4-3-5-8(10)13-12-14-9(7-18-12)11(16)17/h3-7H,1-2H3,(H,13,14)(H,16,17). The van der Waals surface area contributed by atoms with E-state index in [1.165, 1.54) is 0 Å². The van der Waals surface area contributed by atoms with Gasteiger partial charge in [-0.3, -0.25) is 0 Å². The van der Waals surface area contributed by atoms with Gasteiger partial charge in [-0.1, -0.05) is 12.1 Å². The highest BCUT2D eigenvalue weighted by Gasteiger charge is 2.11. The molecule has 0 saturated heterocycles. The fourth-order valence-electron chi connectivity index (χ4n) is 1.51. The third-order valence-corrected chi connectivity index (χ3v) is 2.35. The first kappa shape index (κ1) is 12.0. The number of nitrogens with one attached hydrogen (secondary N) is 1. The molecule has 0 amide bonds. The van der Waals surface area contributed by atoms with Gasteiger partial charge in [0.05, 0.1) is 11.4 Å². The Hall–Kier alpha value is -2.50. The molecule has 2 N–H and O–H groups in total. The molecule has 1 heterocycles. The number of carboxylic acid groups (broad SMARTS) is 1. The summed E-state index contributed by atoms with van der Waals surface area (Å²) >= 11 is 0. The molecule has 0 saturated carbocycles. The Kier molecular flexibility index (Phi) is 3.18. The van der Waals surface area contributed by atoms with Crippen LogP contribution in [0.25, 0.3) is 0 Å². The van der Waals surface area contributed by atoms with E-state index in [0.29, 0.717) is 0 Å². The van der Waals surface area contributed by atoms with Crippen molar-refractivity contribution in [1.29, 1.82) is 0 Å². The van der Waals surface area contributed by atoms with Crippen LogP contribution in [0.15, 0.2) is 34.9 Å². The van der Waals surface area contributed by atoms with Gasteiger partial charge in [-0.05, 0) is 12.1 Å². The normalized spacial score (nSPS) is 10.1. The molecule has 1 aromatic heterocycles. The van der Waals surface area contributed by atoms with E-state index in [2.05, 4.69) is 10.3 Å². The van der Waals surface area contributed by atoms with Gasteiger partial charge in [0.15, 0.2) is 5.69 Å². The van der Waals surface area contributed by atoms with Crippen LogP contribution in [0.5, 0.6) is 0 Å². The van der Waals surface area contributed by atoms with Crippen LogP contribution in [0, 0.1) is 0 Å². The van der Waals surface area contributed by atoms with Crippen molar-refractivity contribution in [2.45, 2.75) is 0 Å². The molecular weight excluding hydrogens is 234 g/mol. The van der Waals surface area contributed by atoms with Gasteiger partial charge in [0, 0.05) is 14.1 Å². The highest BCUT2D eigenvalue weighted by molar-refractivity contribution is 5.85. The van der Waals surface area contributed by atoms with Crippen molar-refractivity contribution < 1.29 is 14.3 Å². The quantitative estimate of drug-likeness (QED) is 0.862. The van der Waals surface area contributed by atoms with E-state index in [1.54, 1.807) is 0 Å². The molecule has 0 radical (unpaired) electrons. The first-order chi connectivity index (χ1) is 8.58. The maximum absolute atomic E-state index is 10.7. The number of para-hydroxylation sites is 2. The molecule has 2 aromatic rings. The highest BCUT2D eigenvalue weighted by Crippen LogP contribution is 2.26. The highest BCUT2D eigenvalue weighted by atomic mass is 16.4. The molecule has 0 aliphatic rings. The van der Waals surface area contributed by atoms with E-state index in [4.69, 9.17) is 9.52 Å². The molecule has 94 valence electrons. The number of oxazole rings is 1. The number of aromatic carboxylic acids is 1. The zero-order chi connectivity index (χ0) is 13.1. The van der Waals surface area contributed by atoms with E-state index in [9.17, 15) is 4.79 Å². The summed E-state index contributed by atoms with van der Waals surface area (Å²) in [5, 5.41) is 11.7. The number of carboxylic acids is 1. The third-order valence-electron chi connectivity index (χ3n) is 2.35. The molecule has 0 spiro atoms. The number of aromatic nitrogens is 1. The van der Waals surface area contributed by atoms with Gasteiger partial charge in [0.25, 0.3) is 6.01 Å². The van der Waals surface area contributed by atoms with E-state index < -0.39 is 5.97 Å². The molecule has 0 atom stereocenters. The van der Waals surface area contributed by atoms with Crippen molar-refractivity contribution in [3.8, 4) is 0 Å². The van der Waals surface area contributed by atoms with Crippen LogP contribution in [-0.2, 0) is 0 Å². The van der Waals surface area contributed by atoms with Crippen LogP contribution < -0.4 is 10.2 Å². The molecule has 0 bridgehead atoms. The monoisotopic (exact) mass is 247 g/mol. The average molecular weight is 247 g/mol. The molecule has 2 rings (SSSR count). The van der Waals surface area contributed by atoms with E-state index >= 15 is 0 Å². The smallest absolute Gasteiger partial charge is 0.357 e. The van der Waals surface area contributed by atoms with Crippen molar-refractivity contribution >= 4 is 23.4 Å². The van der Waals surface area contributed by atoms with Crippen LogP contribution in [-0.4, -0.2) is 30.2 Å². The Balaban J connectivity index is 2.25. The first-order valence-electron chi connectivity index (χ1n) is 5.30. The summed E-state index contributed by atoms with van der Waals surface area (Å²) in [6.45, 7) is 0. The Morgan fingerprint density at radius 1 is 1.39 bits per heavy atom. The molecule has 0 fully saturated rings. The van der Waals surface area contributed by atoms with Crippen LogP contribution in [0.1, 0.15) is 10.5 Å². The van der Waals surface area contributed by atoms with E-state index in [0.717, 1.165) is 17.6 Å². The van der Waals surface area contributed by atoms with E-state index in [-0.39, 0.29) is 11.7 Å². The zero-order valence-electron chi connectivity index (χ0n) is 10.0. The van der Waals surface area contributed by atoms with E-state index in [1.807, 2.05) is 43.3 Å². The summed E-state index contributed by atoms with van der Waals surface area (Å²) in [5.74, 6) is -1.12. The maximum Gasteiger partial charge on any atom is 0.357 e. The van der Waals surface area contributed by atoms with Crippen LogP contribution >= 0.6 is 0 Å². The fraction of sp³-hybridized carbons (Fsp3) is 0.167. The number of rotatable bonds is 4. The molecule has 0 unspecified atom stereocenters. The second-order valence-electron chi connectivity index (χ2n) is 3.88. The van der Waals surface area contributed by atoms with Gasteiger partial charge in [-0.25, -0.2) is 4.79 Å². The molecule has 18 heavy (non-hydrogen) atoms. The van der Waals surface area contributed by atoms with Crippen molar-refractivity contribution in [3.63, 3.8) is 0 Å². The maximum atomic E-state index is 10.7. The lowest BCUT2D eigenvalue weighted by Crippen LogP contribution is -2.10. The molecule has 6 heteroatoms. The average Bonchev–Trinajstić information content (AvgIpc) is 2.78. The van der Waals surface area contributed by atoms with Crippen molar-refractivity contribution in [3.05, 3.63) is 36.2 Å². The Morgan fingerprint density at radius 3 is 2.72 bits per heavy atom. The topological polar surface area (TPSA) is 78.6 Å². The minimum Gasteiger partial charge on any atom is -0.476 e. The molecular formula is C12H13N3O3. The van der Waals surface area contributed by atoms with Crippen LogP contribution in [0.3, 0.4) is 0 Å². The minimum atomic E-state index is -1.12. The number of nitrogens with zero attached hydrogens (tertiary/aromatic N) is 2. The number of anilines is 3. The predicted molar refractivity (Wildman–Crippen MR) is 67.5 cm³/mol. The Morgan fingerprint density at radius 2 is 2.11 bits per heavy atom. The predicted octanol–water partition coefficient (Wildman–Crippen LogP) is 2.18. The second kappa shape index (κ2) is 4.79. The minimum absolute atomic E-state index is 0.125. The van der Waals surface area contributed by atoms with Gasteiger partial charge in [0.1, 0.15) is 6.26 Å². The summed E-state index contributed by atoms with van der Waals surface area (Å²) in [6.07, 6.45) is 1.10. The lowest BCUT2D eigenvalue weighted by atomic mass is 10.2. The summed E-state index contributed by atoms with van der Waals surface area (Å²) < 4.78 is 5.04. The van der Waals surface area contributed by atoms with Crippen LogP contribution in [0.2, 0.25) is 0 Å². The summed E-state index contributed by atoms with van der Waals surface area (Å²) in [5.41, 5.74) is 1.62. The number of carbonyl (C=O) groups is 1. The molecule has 0 aliphatic heterocycles. The second-order valence-corrected chi connectivity index (χ2v) is 3.88. The number of benzene rings is 1. The summed E-state index contributed by atoms with van der Waals surface area (Å²) in [6, 6.07) is 7.74. The third kappa shape index (κ3) is 2.42. The van der Waals surface area contributed by atoms with Gasteiger partial charge >= 0.3 is 5.97 Å². The lowest BCUT2D eigenvalue weighted by Gasteiger charge is -2.16. The molecule has 1 aromatic carbocycles. The lowest BCUT2D eigenvalue weighted by molar-refractivity contribution is 0.0690. The van der Waals surface area contributed by atoms with Crippen molar-refractivity contribution in [2.75, 3.05) is 24.3 Å². The first-order valence-corrected chi connectivity index (χ1v) is 5.30. The SMILES string of the molecule is CN(C)c1ccccc1Nc1nc(C(=O)O)co1. The Bertz CT molecular complexity index is 563. The number of hydrogen-bond donors (Lipinski definition) is 2. The fourth-order valence-corrected chi connectivity index (χ4v) is 1.51. The van der Waals surface area contributed by atoms with Gasteiger partial charge in [-0.2, -0.15) is 4.98 Å². The summed E-state index contributed by atoms with van der Waals surface area (Å²) in [7, 11) is 3.83. The Labute approximate surface area is 104 Å². The molecule has 6 nitrogen and oxygen atoms in total. The van der Waals surface area contributed by atoms with Crippen LogP contribution in [0.4, 0.5) is 17.4 Å². The number of hydrogen-bond acceptors (Lipinski definition) is 5. The van der Waals surface area contributed by atoms with Crippen molar-refractivity contribution in [1.82, 2.24) is 4.98 Å². The van der Waals surface area contributed by atoms with Gasteiger partial charge in [-0.15, -0.1) is 0 Å². The van der Waals surface area contributed by atoms with Crippen molar-refractivity contribution in [2.24, 2.45) is 0 Å². The zero-order valence-corrected chi connectivity index (χ0v) is 10.0. The van der Waals surface area contributed by atoms with Gasteiger partial charge in [0.2, 0.25) is 0 Å². The molecule has 0 aliphatic carbocycles. The summed E-state index contributed by atoms with van der Waals surface area (Å²) in [4.78, 5) is 16.4.